The van der Waals surface area contributed by atoms with E-state index in [2.05, 4.69) is 24.8 Å². The summed E-state index contributed by atoms with van der Waals surface area (Å²) in [4.78, 5) is 54.2. The number of piperazine rings is 1. The van der Waals surface area contributed by atoms with Crippen LogP contribution in [0.15, 0.2) is 4.79 Å². The predicted molar refractivity (Wildman–Crippen MR) is 126 cm³/mol. The molecular weight excluding hydrogens is 426 g/mol. The first-order valence-electron chi connectivity index (χ1n) is 10.8. The molecule has 0 saturated carbocycles. The Morgan fingerprint density at radius 2 is 1.66 bits per heavy atom. The van der Waals surface area contributed by atoms with E-state index in [4.69, 9.17) is 0 Å². The van der Waals surface area contributed by atoms with Crippen molar-refractivity contribution in [2.24, 2.45) is 0 Å². The number of Topliss-reactive ketones (excluding diaryl/α,β-unsaturated/α-hetero) is 2. The summed E-state index contributed by atoms with van der Waals surface area (Å²) in [6.07, 6.45) is 0. The van der Waals surface area contributed by atoms with E-state index in [1.54, 1.807) is 11.3 Å². The molecule has 3 aromatic rings. The molecule has 0 aromatic carbocycles. The third kappa shape index (κ3) is 4.20. The van der Waals surface area contributed by atoms with Crippen molar-refractivity contribution < 1.29 is 9.59 Å². The number of nitrogens with one attached hydrogen (secondary N) is 2. The van der Waals surface area contributed by atoms with E-state index in [1.807, 2.05) is 27.7 Å². The van der Waals surface area contributed by atoms with Gasteiger partial charge < -0.3 is 9.97 Å². The molecule has 0 bridgehead atoms. The zero-order valence-electron chi connectivity index (χ0n) is 19.2. The number of aromatic nitrogens is 3. The molecule has 0 unspecified atom stereocenters. The van der Waals surface area contributed by atoms with Crippen LogP contribution in [-0.4, -0.2) is 69.0 Å². The van der Waals surface area contributed by atoms with E-state index in [9.17, 15) is 14.4 Å². The molecular formula is C23H29N5O3S. The van der Waals surface area contributed by atoms with Crippen molar-refractivity contribution in [3.05, 3.63) is 49.1 Å². The van der Waals surface area contributed by atoms with Gasteiger partial charge in [-0.1, -0.05) is 0 Å². The molecule has 1 aliphatic heterocycles. The summed E-state index contributed by atoms with van der Waals surface area (Å²) >= 11 is 1.56. The molecule has 0 spiro atoms. The van der Waals surface area contributed by atoms with Crippen molar-refractivity contribution in [1.82, 2.24) is 24.8 Å². The minimum Gasteiger partial charge on any atom is -0.355 e. The average molecular weight is 456 g/mol. The van der Waals surface area contributed by atoms with E-state index < -0.39 is 0 Å². The molecule has 0 amide bonds. The lowest BCUT2D eigenvalue weighted by Crippen LogP contribution is -2.47. The number of ketones is 2. The smallest absolute Gasteiger partial charge is 0.259 e. The van der Waals surface area contributed by atoms with E-state index >= 15 is 0 Å². The highest BCUT2D eigenvalue weighted by atomic mass is 32.1. The van der Waals surface area contributed by atoms with Crippen LogP contribution in [0.25, 0.3) is 10.2 Å². The van der Waals surface area contributed by atoms with Gasteiger partial charge in [-0.15, -0.1) is 11.3 Å². The Hall–Kier alpha value is -2.62. The summed E-state index contributed by atoms with van der Waals surface area (Å²) in [7, 11) is 0. The highest BCUT2D eigenvalue weighted by Gasteiger charge is 2.24. The number of rotatable bonds is 6. The fourth-order valence-corrected chi connectivity index (χ4v) is 5.58. The fourth-order valence-electron chi connectivity index (χ4n) is 4.53. The number of thiophene rings is 1. The first-order chi connectivity index (χ1) is 15.2. The number of hydrogen-bond acceptors (Lipinski definition) is 7. The molecule has 9 heteroatoms. The van der Waals surface area contributed by atoms with Crippen LogP contribution in [-0.2, 0) is 6.54 Å². The van der Waals surface area contributed by atoms with Gasteiger partial charge in [0.15, 0.2) is 11.6 Å². The number of carbonyl (C=O) groups is 2. The third-order valence-corrected chi connectivity index (χ3v) is 7.46. The van der Waals surface area contributed by atoms with E-state index in [0.717, 1.165) is 52.7 Å². The standard InChI is InChI=1S/C23H29N5O3S/c1-12-16(5)32-23-20(12)22(31)25-18(26-23)11-28-8-6-27(7-9-28)10-17(30)21-13(2)19(15(4)29)14(3)24-21/h24H,6-11H2,1-5H3,(H,25,26,31). The summed E-state index contributed by atoms with van der Waals surface area (Å²) in [5.74, 6) is 0.663. The van der Waals surface area contributed by atoms with Crippen LogP contribution in [0.5, 0.6) is 0 Å². The van der Waals surface area contributed by atoms with Crippen molar-refractivity contribution in [2.45, 2.75) is 41.2 Å². The second kappa shape index (κ2) is 8.73. The van der Waals surface area contributed by atoms with Crippen LogP contribution in [0.2, 0.25) is 0 Å². The second-order valence-electron chi connectivity index (χ2n) is 8.63. The Morgan fingerprint density at radius 3 is 2.28 bits per heavy atom. The van der Waals surface area contributed by atoms with Gasteiger partial charge in [0.05, 0.1) is 24.2 Å². The molecule has 0 aliphatic carbocycles. The lowest BCUT2D eigenvalue weighted by atomic mass is 10.1. The number of carbonyl (C=O) groups excluding carboxylic acids is 2. The zero-order valence-corrected chi connectivity index (χ0v) is 20.0. The predicted octanol–water partition coefficient (Wildman–Crippen LogP) is 2.75. The first-order valence-corrected chi connectivity index (χ1v) is 11.6. The van der Waals surface area contributed by atoms with Gasteiger partial charge in [-0.2, -0.15) is 0 Å². The molecule has 2 N–H and O–H groups in total. The molecule has 1 saturated heterocycles. The van der Waals surface area contributed by atoms with Gasteiger partial charge in [0.2, 0.25) is 0 Å². The van der Waals surface area contributed by atoms with E-state index in [0.29, 0.717) is 35.6 Å². The molecule has 3 aromatic heterocycles. The van der Waals surface area contributed by atoms with Crippen molar-refractivity contribution >= 4 is 33.1 Å². The van der Waals surface area contributed by atoms with Crippen LogP contribution >= 0.6 is 11.3 Å². The molecule has 170 valence electrons. The molecule has 32 heavy (non-hydrogen) atoms. The number of aromatic amines is 2. The number of aryl methyl sites for hydroxylation is 3. The summed E-state index contributed by atoms with van der Waals surface area (Å²) in [5.41, 5.74) is 3.57. The lowest BCUT2D eigenvalue weighted by molar-refractivity contribution is 0.0835. The molecule has 4 heterocycles. The quantitative estimate of drug-likeness (QED) is 0.554. The maximum absolute atomic E-state index is 12.8. The highest BCUT2D eigenvalue weighted by Crippen LogP contribution is 2.26. The Labute approximate surface area is 190 Å². The number of H-pyrrole nitrogens is 2. The Kier molecular flexibility index (Phi) is 6.15. The normalized spacial score (nSPS) is 15.5. The molecule has 1 fully saturated rings. The van der Waals surface area contributed by atoms with E-state index in [-0.39, 0.29) is 17.1 Å². The molecule has 0 radical (unpaired) electrons. The van der Waals surface area contributed by atoms with Crippen LogP contribution in [0.3, 0.4) is 0 Å². The van der Waals surface area contributed by atoms with Crippen LogP contribution in [0, 0.1) is 27.7 Å². The van der Waals surface area contributed by atoms with Gasteiger partial charge in [0.1, 0.15) is 10.7 Å². The second-order valence-corrected chi connectivity index (χ2v) is 9.84. The summed E-state index contributed by atoms with van der Waals surface area (Å²) in [6, 6.07) is 0. The van der Waals surface area contributed by atoms with Crippen LogP contribution in [0.4, 0.5) is 0 Å². The maximum atomic E-state index is 12.8. The van der Waals surface area contributed by atoms with Gasteiger partial charge in [0, 0.05) is 42.3 Å². The summed E-state index contributed by atoms with van der Waals surface area (Å²) in [5, 5.41) is 0.697. The maximum Gasteiger partial charge on any atom is 0.259 e. The number of hydrogen-bond donors (Lipinski definition) is 2. The van der Waals surface area contributed by atoms with Gasteiger partial charge in [-0.3, -0.25) is 24.2 Å². The van der Waals surface area contributed by atoms with Gasteiger partial charge in [-0.05, 0) is 45.7 Å². The van der Waals surface area contributed by atoms with Gasteiger partial charge in [0.25, 0.3) is 5.56 Å². The molecule has 4 rings (SSSR count). The zero-order chi connectivity index (χ0) is 23.2. The minimum atomic E-state index is -0.0716. The lowest BCUT2D eigenvalue weighted by Gasteiger charge is -2.33. The average Bonchev–Trinajstić information content (AvgIpc) is 3.18. The summed E-state index contributed by atoms with van der Waals surface area (Å²) in [6.45, 7) is 13.2. The van der Waals surface area contributed by atoms with Crippen LogP contribution in [0.1, 0.15) is 55.3 Å². The largest absolute Gasteiger partial charge is 0.355 e. The first kappa shape index (κ1) is 22.6. The Balaban J connectivity index is 1.37. The highest BCUT2D eigenvalue weighted by molar-refractivity contribution is 7.18. The third-order valence-electron chi connectivity index (χ3n) is 6.36. The van der Waals surface area contributed by atoms with Crippen molar-refractivity contribution in [1.29, 1.82) is 0 Å². The molecule has 1 aliphatic rings. The van der Waals surface area contributed by atoms with E-state index in [1.165, 1.54) is 6.92 Å². The SMILES string of the molecule is CC(=O)c1c(C)[nH]c(C(=O)CN2CCN(Cc3nc4sc(C)c(C)c4c(=O)[nH]3)CC2)c1C. The fraction of sp³-hybridized carbons (Fsp3) is 0.478. The van der Waals surface area contributed by atoms with Gasteiger partial charge >= 0.3 is 0 Å². The number of fused-ring (bicyclic) bond motifs is 1. The number of nitrogens with zero attached hydrogens (tertiary/aromatic N) is 3. The minimum absolute atomic E-state index is 0.00596. The van der Waals surface area contributed by atoms with Crippen molar-refractivity contribution in [2.75, 3.05) is 32.7 Å². The monoisotopic (exact) mass is 455 g/mol. The topological polar surface area (TPSA) is 102 Å². The Bertz CT molecular complexity index is 1260. The van der Waals surface area contributed by atoms with Gasteiger partial charge in [-0.25, -0.2) is 4.98 Å². The van der Waals surface area contributed by atoms with Crippen molar-refractivity contribution in [3.8, 4) is 0 Å². The van der Waals surface area contributed by atoms with Crippen LogP contribution < -0.4 is 5.56 Å². The molecule has 0 atom stereocenters. The Morgan fingerprint density at radius 1 is 1.00 bits per heavy atom. The molecule has 8 nitrogen and oxygen atoms in total. The summed E-state index contributed by atoms with van der Waals surface area (Å²) < 4.78 is 0. The van der Waals surface area contributed by atoms with Crippen molar-refractivity contribution in [3.63, 3.8) is 0 Å².